The summed E-state index contributed by atoms with van der Waals surface area (Å²) < 4.78 is 29.3. The van der Waals surface area contributed by atoms with E-state index in [0.717, 1.165) is 12.8 Å². The number of amides is 1. The van der Waals surface area contributed by atoms with E-state index in [-0.39, 0.29) is 21.2 Å². The maximum atomic E-state index is 12.9. The molecular weight excluding hydrogens is 368 g/mol. The molecule has 2 aromatic carbocycles. The first kappa shape index (κ1) is 18.7. The van der Waals surface area contributed by atoms with Crippen LogP contribution >= 0.6 is 11.8 Å². The van der Waals surface area contributed by atoms with Crippen molar-refractivity contribution < 1.29 is 13.2 Å². The Labute approximate surface area is 158 Å². The van der Waals surface area contributed by atoms with E-state index >= 15 is 0 Å². The Balaban J connectivity index is 2.00. The molecule has 0 saturated carbocycles. The molecule has 1 atom stereocenters. The van der Waals surface area contributed by atoms with Gasteiger partial charge in [0.25, 0.3) is 10.0 Å². The van der Waals surface area contributed by atoms with Gasteiger partial charge in [0.15, 0.2) is 5.17 Å². The second-order valence-electron chi connectivity index (χ2n) is 5.92. The monoisotopic (exact) mass is 388 g/mol. The molecule has 0 spiro atoms. The lowest BCUT2D eigenvalue weighted by atomic mass is 10.2. The number of carbonyl (C=O) groups is 1. The van der Waals surface area contributed by atoms with Crippen LogP contribution in [0.25, 0.3) is 0 Å². The highest BCUT2D eigenvalue weighted by Crippen LogP contribution is 2.35. The number of sulfonamides is 1. The van der Waals surface area contributed by atoms with Gasteiger partial charge in [0.05, 0.1) is 15.8 Å². The molecule has 1 aliphatic heterocycles. The van der Waals surface area contributed by atoms with Crippen LogP contribution in [0.2, 0.25) is 0 Å². The van der Waals surface area contributed by atoms with Gasteiger partial charge >= 0.3 is 0 Å². The maximum Gasteiger partial charge on any atom is 0.284 e. The van der Waals surface area contributed by atoms with E-state index in [4.69, 9.17) is 0 Å². The van der Waals surface area contributed by atoms with Gasteiger partial charge in [-0.3, -0.25) is 9.69 Å². The minimum Gasteiger partial charge on any atom is -0.273 e. The predicted octanol–water partition coefficient (Wildman–Crippen LogP) is 4.07. The van der Waals surface area contributed by atoms with Gasteiger partial charge in [-0.1, -0.05) is 67.9 Å². The highest BCUT2D eigenvalue weighted by atomic mass is 32.2. The van der Waals surface area contributed by atoms with Gasteiger partial charge in [-0.25, -0.2) is 0 Å². The summed E-state index contributed by atoms with van der Waals surface area (Å²) in [6, 6.07) is 17.1. The lowest BCUT2D eigenvalue weighted by Crippen LogP contribution is -2.32. The summed E-state index contributed by atoms with van der Waals surface area (Å²) in [5, 5.41) is -0.0916. The smallest absolute Gasteiger partial charge is 0.273 e. The Morgan fingerprint density at radius 2 is 1.65 bits per heavy atom. The fourth-order valence-electron chi connectivity index (χ4n) is 2.67. The van der Waals surface area contributed by atoms with E-state index in [1.165, 1.54) is 28.8 Å². The minimum absolute atomic E-state index is 0.114. The molecule has 1 fully saturated rings. The molecular formula is C19H20N2O3S2. The van der Waals surface area contributed by atoms with Crippen molar-refractivity contribution >= 4 is 38.5 Å². The number of unbranched alkanes of at least 4 members (excludes halogenated alkanes) is 1. The molecule has 0 radical (unpaired) electrons. The van der Waals surface area contributed by atoms with Crippen LogP contribution in [-0.2, 0) is 14.8 Å². The second-order valence-corrected chi connectivity index (χ2v) is 8.69. The van der Waals surface area contributed by atoms with Crippen LogP contribution in [0.1, 0.15) is 26.2 Å². The number of hydrogen-bond acceptors (Lipinski definition) is 4. The first-order chi connectivity index (χ1) is 12.5. The number of anilines is 1. The zero-order valence-electron chi connectivity index (χ0n) is 14.4. The van der Waals surface area contributed by atoms with Gasteiger partial charge in [-0.15, -0.1) is 4.40 Å². The van der Waals surface area contributed by atoms with Crippen LogP contribution in [0.5, 0.6) is 0 Å². The summed E-state index contributed by atoms with van der Waals surface area (Å²) in [5.74, 6) is -0.114. The van der Waals surface area contributed by atoms with Crippen molar-refractivity contribution in [1.29, 1.82) is 0 Å². The van der Waals surface area contributed by atoms with Crippen LogP contribution < -0.4 is 4.90 Å². The van der Waals surface area contributed by atoms with Crippen molar-refractivity contribution in [2.24, 2.45) is 4.40 Å². The normalized spacial score (nSPS) is 19.3. The number of carbonyl (C=O) groups excluding carboxylic acids is 1. The first-order valence-electron chi connectivity index (χ1n) is 8.48. The fourth-order valence-corrected chi connectivity index (χ4v) is 5.07. The molecule has 0 aliphatic carbocycles. The van der Waals surface area contributed by atoms with E-state index in [1.54, 1.807) is 30.3 Å². The van der Waals surface area contributed by atoms with Crippen LogP contribution in [-0.4, -0.2) is 24.7 Å². The number of rotatable bonds is 6. The van der Waals surface area contributed by atoms with Gasteiger partial charge in [-0.05, 0) is 30.7 Å². The maximum absolute atomic E-state index is 12.9. The molecule has 2 aromatic rings. The average molecular weight is 389 g/mol. The molecule has 5 nitrogen and oxygen atoms in total. The molecule has 0 N–H and O–H groups in total. The summed E-state index contributed by atoms with van der Waals surface area (Å²) in [5.41, 5.74) is 0.631. The predicted molar refractivity (Wildman–Crippen MR) is 106 cm³/mol. The molecule has 1 saturated heterocycles. The summed E-state index contributed by atoms with van der Waals surface area (Å²) >= 11 is 1.23. The van der Waals surface area contributed by atoms with E-state index in [1.807, 2.05) is 18.2 Å². The molecule has 1 heterocycles. The van der Waals surface area contributed by atoms with E-state index in [9.17, 15) is 13.2 Å². The summed E-state index contributed by atoms with van der Waals surface area (Å²) in [7, 11) is -3.88. The van der Waals surface area contributed by atoms with Gasteiger partial charge < -0.3 is 0 Å². The van der Waals surface area contributed by atoms with Gasteiger partial charge in [0.2, 0.25) is 5.91 Å². The molecule has 1 aliphatic rings. The van der Waals surface area contributed by atoms with E-state index in [2.05, 4.69) is 11.3 Å². The Hall–Kier alpha value is -2.12. The van der Waals surface area contributed by atoms with Crippen molar-refractivity contribution in [3.8, 4) is 0 Å². The molecule has 26 heavy (non-hydrogen) atoms. The van der Waals surface area contributed by atoms with Crippen molar-refractivity contribution in [2.75, 3.05) is 4.90 Å². The molecule has 0 bridgehead atoms. The lowest BCUT2D eigenvalue weighted by Gasteiger charge is -2.16. The fraction of sp³-hybridized carbons (Fsp3) is 0.263. The molecule has 136 valence electrons. The number of thioether (sulfide) groups is 1. The van der Waals surface area contributed by atoms with Crippen LogP contribution in [0.4, 0.5) is 5.69 Å². The number of amidine groups is 1. The van der Waals surface area contributed by atoms with Crippen molar-refractivity contribution in [1.82, 2.24) is 0 Å². The number of nitrogens with zero attached hydrogens (tertiary/aromatic N) is 2. The Morgan fingerprint density at radius 1 is 1.04 bits per heavy atom. The van der Waals surface area contributed by atoms with E-state index < -0.39 is 10.0 Å². The SMILES string of the molecule is CCCCC1S/C(=N/S(=O)(=O)c2ccccc2)N(c2ccccc2)C1=O. The molecule has 1 unspecified atom stereocenters. The van der Waals surface area contributed by atoms with Crippen LogP contribution in [0.3, 0.4) is 0 Å². The quantitative estimate of drug-likeness (QED) is 0.748. The molecule has 0 aromatic heterocycles. The Morgan fingerprint density at radius 3 is 2.27 bits per heavy atom. The third kappa shape index (κ3) is 3.99. The number of benzene rings is 2. The van der Waals surface area contributed by atoms with Crippen molar-refractivity contribution in [3.63, 3.8) is 0 Å². The molecule has 3 rings (SSSR count). The summed E-state index contributed by atoms with van der Waals surface area (Å²) in [6.07, 6.45) is 2.59. The Bertz CT molecular complexity index is 897. The van der Waals surface area contributed by atoms with Gasteiger partial charge in [0, 0.05) is 0 Å². The topological polar surface area (TPSA) is 66.8 Å². The Kier molecular flexibility index (Phi) is 5.78. The molecule has 7 heteroatoms. The van der Waals surface area contributed by atoms with Gasteiger partial charge in [0.1, 0.15) is 0 Å². The van der Waals surface area contributed by atoms with Gasteiger partial charge in [-0.2, -0.15) is 8.42 Å². The standard InChI is InChI=1S/C19H20N2O3S2/c1-2-3-14-17-18(22)21(15-10-6-4-7-11-15)19(25-17)20-26(23,24)16-12-8-5-9-13-16/h4-13,17H,2-3,14H2,1H3/b20-19+. The zero-order valence-corrected chi connectivity index (χ0v) is 16.0. The highest BCUT2D eigenvalue weighted by molar-refractivity contribution is 8.16. The third-order valence-corrected chi connectivity index (χ3v) is 6.61. The van der Waals surface area contributed by atoms with Crippen LogP contribution in [0.15, 0.2) is 70.0 Å². The first-order valence-corrected chi connectivity index (χ1v) is 10.8. The number of hydrogen-bond donors (Lipinski definition) is 0. The molecule has 1 amide bonds. The third-order valence-electron chi connectivity index (χ3n) is 4.01. The van der Waals surface area contributed by atoms with E-state index in [0.29, 0.717) is 12.1 Å². The summed E-state index contributed by atoms with van der Waals surface area (Å²) in [6.45, 7) is 2.06. The zero-order chi connectivity index (χ0) is 18.6. The second kappa shape index (κ2) is 8.05. The largest absolute Gasteiger partial charge is 0.284 e. The van der Waals surface area contributed by atoms with Crippen molar-refractivity contribution in [2.45, 2.75) is 36.3 Å². The lowest BCUT2D eigenvalue weighted by molar-refractivity contribution is -0.117. The minimum atomic E-state index is -3.88. The van der Waals surface area contributed by atoms with Crippen LogP contribution in [0, 0.1) is 0 Å². The number of para-hydroxylation sites is 1. The van der Waals surface area contributed by atoms with Crippen molar-refractivity contribution in [3.05, 3.63) is 60.7 Å². The summed E-state index contributed by atoms with van der Waals surface area (Å²) in [4.78, 5) is 14.4. The average Bonchev–Trinajstić information content (AvgIpc) is 2.96. The highest BCUT2D eigenvalue weighted by Gasteiger charge is 2.39.